The number of hydrogen-bond donors (Lipinski definition) is 0. The van der Waals surface area contributed by atoms with Crippen LogP contribution < -0.4 is 0 Å². The Morgan fingerprint density at radius 2 is 0.700 bits per heavy atom. The largest absolute Gasteiger partial charge is 0.264 e. The van der Waals surface area contributed by atoms with Crippen LogP contribution in [0.4, 0.5) is 11.4 Å². The molecule has 8 nitrogen and oxygen atoms in total. The van der Waals surface area contributed by atoms with Crippen LogP contribution in [-0.4, -0.2) is 41.3 Å². The molecule has 0 N–H and O–H groups in total. The summed E-state index contributed by atoms with van der Waals surface area (Å²) >= 11 is 0. The van der Waals surface area contributed by atoms with Gasteiger partial charge in [-0.2, -0.15) is 0 Å². The van der Waals surface area contributed by atoms with Gasteiger partial charge in [-0.3, -0.25) is 9.97 Å². The molecule has 60 heavy (non-hydrogen) atoms. The number of para-hydroxylation sites is 2. The Kier molecular flexibility index (Phi) is 8.63. The van der Waals surface area contributed by atoms with Gasteiger partial charge < -0.3 is 0 Å². The van der Waals surface area contributed by atoms with Crippen LogP contribution in [0.3, 0.4) is 0 Å². The number of fused-ring (bicyclic) bond motifs is 4. The Morgan fingerprint density at radius 1 is 0.300 bits per heavy atom. The molecule has 8 heteroatoms. The van der Waals surface area contributed by atoms with Crippen molar-refractivity contribution >= 4 is 44.6 Å². The van der Waals surface area contributed by atoms with Crippen molar-refractivity contribution in [1.82, 2.24) is 29.9 Å². The standard InChI is InChI=1S/C52H32N8/c1-3-13-43-37(9-1)29-47-51(57-43)49(35-23-19-33(20-24-35)41-15-5-17-45(55-41)39-11-7-27-53-31-39)60-48-30-38-10-2-4-14-44(38)58-52(48)50(59-47)36-25-21-34(22-26-36)42-16-6-18-46(56-42)40-12-8-28-54-32-40/h1-32H/b51-49?,52-50?,59-47?,59-50-,60-48?,60-49-. The molecule has 0 amide bonds. The highest BCUT2D eigenvalue weighted by atomic mass is 14.9. The third kappa shape index (κ3) is 6.58. The van der Waals surface area contributed by atoms with E-state index in [1.54, 1.807) is 12.4 Å². The van der Waals surface area contributed by atoms with Crippen molar-refractivity contribution < 1.29 is 0 Å². The smallest absolute Gasteiger partial charge is 0.116 e. The van der Waals surface area contributed by atoms with Gasteiger partial charge in [0, 0.05) is 68.9 Å². The molecule has 7 heterocycles. The number of aliphatic imine (C=N–C) groups is 2. The molecule has 1 aliphatic rings. The fraction of sp³-hybridized carbons (Fsp3) is 0. The van der Waals surface area contributed by atoms with Crippen LogP contribution in [0.25, 0.3) is 66.8 Å². The third-order valence-corrected chi connectivity index (χ3v) is 10.6. The Morgan fingerprint density at radius 3 is 1.12 bits per heavy atom. The van der Waals surface area contributed by atoms with E-state index in [0.29, 0.717) is 34.2 Å². The first-order valence-corrected chi connectivity index (χ1v) is 19.6. The minimum atomic E-state index is 0.683. The minimum Gasteiger partial charge on any atom is -0.264 e. The number of hydrogen-bond acceptors (Lipinski definition) is 8. The van der Waals surface area contributed by atoms with Crippen LogP contribution in [0, 0.1) is 0 Å². The average molecular weight is 769 g/mol. The molecule has 0 saturated carbocycles. The first-order chi connectivity index (χ1) is 29.7. The highest BCUT2D eigenvalue weighted by molar-refractivity contribution is 6.22. The van der Waals surface area contributed by atoms with Crippen LogP contribution in [0.2, 0.25) is 0 Å². The van der Waals surface area contributed by atoms with E-state index in [0.717, 1.165) is 78.0 Å². The van der Waals surface area contributed by atoms with Crippen molar-refractivity contribution in [3.63, 3.8) is 0 Å². The number of benzene rings is 4. The van der Waals surface area contributed by atoms with Gasteiger partial charge in [-0.1, -0.05) is 97.1 Å². The van der Waals surface area contributed by atoms with E-state index < -0.39 is 0 Å². The lowest BCUT2D eigenvalue weighted by atomic mass is 9.98. The normalized spacial score (nSPS) is 13.9. The van der Waals surface area contributed by atoms with Gasteiger partial charge in [0.15, 0.2) is 0 Å². The van der Waals surface area contributed by atoms with Crippen molar-refractivity contribution in [3.8, 4) is 45.0 Å². The third-order valence-electron chi connectivity index (χ3n) is 10.6. The maximum absolute atomic E-state index is 5.48. The van der Waals surface area contributed by atoms with Crippen LogP contribution in [0.15, 0.2) is 205 Å². The molecule has 4 aromatic carbocycles. The molecule has 11 rings (SSSR count). The van der Waals surface area contributed by atoms with E-state index in [9.17, 15) is 0 Å². The van der Waals surface area contributed by atoms with Gasteiger partial charge in [0.25, 0.3) is 0 Å². The van der Waals surface area contributed by atoms with Gasteiger partial charge >= 0.3 is 0 Å². The summed E-state index contributed by atoms with van der Waals surface area (Å²) < 4.78 is 0. The molecule has 0 unspecified atom stereocenters. The molecule has 6 aromatic heterocycles. The van der Waals surface area contributed by atoms with Gasteiger partial charge in [-0.05, 0) is 72.8 Å². The molecule has 0 saturated heterocycles. The van der Waals surface area contributed by atoms with Crippen LogP contribution in [0.5, 0.6) is 0 Å². The molecule has 0 radical (unpaired) electrons. The molecule has 1 aliphatic heterocycles. The van der Waals surface area contributed by atoms with E-state index in [4.69, 9.17) is 29.9 Å². The Balaban J connectivity index is 1.05. The highest BCUT2D eigenvalue weighted by Gasteiger charge is 2.24. The monoisotopic (exact) mass is 768 g/mol. The first-order valence-electron chi connectivity index (χ1n) is 19.6. The van der Waals surface area contributed by atoms with E-state index in [1.807, 2.05) is 109 Å². The zero-order chi connectivity index (χ0) is 39.8. The van der Waals surface area contributed by atoms with Crippen LogP contribution in [-0.2, 0) is 0 Å². The summed E-state index contributed by atoms with van der Waals surface area (Å²) in [5.41, 5.74) is 15.1. The second kappa shape index (κ2) is 14.9. The summed E-state index contributed by atoms with van der Waals surface area (Å²) in [7, 11) is 0. The minimum absolute atomic E-state index is 0.683. The predicted molar refractivity (Wildman–Crippen MR) is 240 cm³/mol. The molecule has 0 aliphatic carbocycles. The van der Waals surface area contributed by atoms with E-state index in [2.05, 4.69) is 82.8 Å². The SMILES string of the molecule is c1cncc(-c2cccc(-c3ccc(/C4=N/c5cc6ccccc6nc5/C(c5ccc(-c6cccc(-c7cccnc7)n6)cc5)=N\c5cc6ccccc6nc54)cc3)n2)c1. The van der Waals surface area contributed by atoms with Gasteiger partial charge in [0.1, 0.15) is 11.4 Å². The number of rotatable bonds is 6. The summed E-state index contributed by atoms with van der Waals surface area (Å²) in [6.07, 6.45) is 7.20. The molecular weight excluding hydrogens is 737 g/mol. The van der Waals surface area contributed by atoms with E-state index in [-0.39, 0.29) is 0 Å². The summed E-state index contributed by atoms with van der Waals surface area (Å²) in [5.74, 6) is 0. The molecule has 0 spiro atoms. The van der Waals surface area contributed by atoms with Crippen molar-refractivity contribution in [1.29, 1.82) is 0 Å². The second-order valence-electron chi connectivity index (χ2n) is 14.5. The maximum Gasteiger partial charge on any atom is 0.116 e. The lowest BCUT2D eigenvalue weighted by Crippen LogP contribution is -2.13. The summed E-state index contributed by atoms with van der Waals surface area (Å²) in [6, 6.07) is 57.1. The average Bonchev–Trinajstić information content (AvgIpc) is 3.32. The number of pyridine rings is 6. The second-order valence-corrected chi connectivity index (χ2v) is 14.5. The molecule has 0 fully saturated rings. The lowest BCUT2D eigenvalue weighted by molar-refractivity contribution is 1.26. The maximum atomic E-state index is 5.48. The zero-order valence-corrected chi connectivity index (χ0v) is 32.1. The summed E-state index contributed by atoms with van der Waals surface area (Å²) in [6.45, 7) is 0. The highest BCUT2D eigenvalue weighted by Crippen LogP contribution is 2.36. The van der Waals surface area contributed by atoms with Crippen LogP contribution >= 0.6 is 0 Å². The van der Waals surface area contributed by atoms with Gasteiger partial charge in [0.05, 0.1) is 56.6 Å². The first kappa shape index (κ1) is 34.9. The van der Waals surface area contributed by atoms with Crippen LogP contribution in [0.1, 0.15) is 22.5 Å². The summed E-state index contributed by atoms with van der Waals surface area (Å²) in [5, 5.41) is 1.96. The van der Waals surface area contributed by atoms with Gasteiger partial charge in [-0.25, -0.2) is 29.9 Å². The van der Waals surface area contributed by atoms with Crippen molar-refractivity contribution in [2.45, 2.75) is 0 Å². The lowest BCUT2D eigenvalue weighted by Gasteiger charge is -2.18. The van der Waals surface area contributed by atoms with Gasteiger partial charge in [-0.15, -0.1) is 0 Å². The molecular formula is C52H32N8. The Hall–Kier alpha value is -8.36. The summed E-state index contributed by atoms with van der Waals surface area (Å²) in [4.78, 5) is 40.0. The quantitative estimate of drug-likeness (QED) is 0.167. The molecule has 0 atom stereocenters. The van der Waals surface area contributed by atoms with Gasteiger partial charge in [0.2, 0.25) is 0 Å². The molecule has 0 bridgehead atoms. The number of nitrogens with zero attached hydrogens (tertiary/aromatic N) is 8. The Bertz CT molecular complexity index is 3070. The number of aromatic nitrogens is 6. The fourth-order valence-corrected chi connectivity index (χ4v) is 7.62. The van der Waals surface area contributed by atoms with Crippen molar-refractivity contribution in [2.24, 2.45) is 9.98 Å². The van der Waals surface area contributed by atoms with E-state index in [1.165, 1.54) is 0 Å². The zero-order valence-electron chi connectivity index (χ0n) is 32.1. The molecule has 280 valence electrons. The topological polar surface area (TPSA) is 102 Å². The van der Waals surface area contributed by atoms with Crippen molar-refractivity contribution in [3.05, 3.63) is 217 Å². The Labute approximate surface area is 345 Å². The van der Waals surface area contributed by atoms with E-state index >= 15 is 0 Å². The van der Waals surface area contributed by atoms with Crippen molar-refractivity contribution in [2.75, 3.05) is 0 Å². The fourth-order valence-electron chi connectivity index (χ4n) is 7.62. The predicted octanol–water partition coefficient (Wildman–Crippen LogP) is 11.7. The molecule has 10 aromatic rings.